The van der Waals surface area contributed by atoms with Crippen LogP contribution in [0.15, 0.2) is 8.96 Å². The fourth-order valence-corrected chi connectivity index (χ4v) is 1.54. The van der Waals surface area contributed by atoms with Crippen LogP contribution in [-0.4, -0.2) is 4.98 Å². The third-order valence-electron chi connectivity index (χ3n) is 0.984. The molecule has 0 N–H and O–H groups in total. The van der Waals surface area contributed by atoms with Crippen molar-refractivity contribution >= 4 is 40.0 Å². The van der Waals surface area contributed by atoms with Gasteiger partial charge in [-0.05, 0) is 46.1 Å². The zero-order valence-corrected chi connectivity index (χ0v) is 8.86. The average Bonchev–Trinajstić information content (AvgIpc) is 2.13. The minimum atomic E-state index is 1.08. The molecule has 1 heterocycles. The van der Waals surface area contributed by atoms with Gasteiger partial charge in [0.1, 0.15) is 0 Å². The fourth-order valence-electron chi connectivity index (χ4n) is 0.650. The van der Waals surface area contributed by atoms with E-state index in [-0.39, 0.29) is 0 Å². The van der Waals surface area contributed by atoms with Gasteiger partial charge in [-0.2, -0.15) is 0 Å². The van der Waals surface area contributed by atoms with Gasteiger partial charge in [0, 0.05) is 5.38 Å². The molecule has 3 heteroatoms. The van der Waals surface area contributed by atoms with Crippen LogP contribution in [0.2, 0.25) is 0 Å². The highest BCUT2D eigenvalue weighted by atomic mass is 127. The molecule has 0 fully saturated rings. The van der Waals surface area contributed by atoms with Crippen LogP contribution in [0.1, 0.15) is 17.6 Å². The predicted molar refractivity (Wildman–Crippen MR) is 54.5 cm³/mol. The summed E-state index contributed by atoms with van der Waals surface area (Å²) < 4.78 is 1.27. The maximum absolute atomic E-state index is 4.29. The zero-order valence-electron chi connectivity index (χ0n) is 5.89. The number of halogens is 1. The molecule has 0 bridgehead atoms. The molecule has 0 aliphatic heterocycles. The van der Waals surface area contributed by atoms with Crippen molar-refractivity contribution in [2.24, 2.45) is 0 Å². The molecule has 1 nitrogen and oxygen atoms in total. The van der Waals surface area contributed by atoms with Gasteiger partial charge in [-0.3, -0.25) is 0 Å². The molecule has 1 rings (SSSR count). The summed E-state index contributed by atoms with van der Waals surface area (Å²) in [7, 11) is 0. The van der Waals surface area contributed by atoms with Crippen molar-refractivity contribution in [1.82, 2.24) is 4.98 Å². The van der Waals surface area contributed by atoms with Gasteiger partial charge in [0.05, 0.1) is 10.7 Å². The standard InChI is InChI=1S/C7H8INS/c1-5(8)3-7-4-10-6(2)9-7/h3-4H,1-2H3/b5-3+. The Labute approximate surface area is 78.3 Å². The monoisotopic (exact) mass is 265 g/mol. The Morgan fingerprint density at radius 2 is 2.50 bits per heavy atom. The number of thiazole rings is 1. The van der Waals surface area contributed by atoms with Crippen molar-refractivity contribution in [3.63, 3.8) is 0 Å². The minimum Gasteiger partial charge on any atom is -0.242 e. The Balaban J connectivity index is 2.86. The number of rotatable bonds is 1. The average molecular weight is 265 g/mol. The van der Waals surface area contributed by atoms with Gasteiger partial charge < -0.3 is 0 Å². The van der Waals surface area contributed by atoms with Gasteiger partial charge in [-0.25, -0.2) is 4.98 Å². The lowest BCUT2D eigenvalue weighted by Crippen LogP contribution is -1.71. The summed E-state index contributed by atoms with van der Waals surface area (Å²) >= 11 is 3.97. The molecule has 0 spiro atoms. The molecule has 0 atom stereocenters. The van der Waals surface area contributed by atoms with E-state index in [1.54, 1.807) is 11.3 Å². The van der Waals surface area contributed by atoms with Gasteiger partial charge in [0.25, 0.3) is 0 Å². The molecule has 0 aliphatic rings. The number of allylic oxidation sites excluding steroid dienone is 1. The lowest BCUT2D eigenvalue weighted by molar-refractivity contribution is 1.27. The van der Waals surface area contributed by atoms with E-state index in [1.165, 1.54) is 3.58 Å². The third kappa shape index (κ3) is 2.38. The Morgan fingerprint density at radius 3 is 2.90 bits per heavy atom. The van der Waals surface area contributed by atoms with Gasteiger partial charge >= 0.3 is 0 Å². The second kappa shape index (κ2) is 3.48. The maximum Gasteiger partial charge on any atom is 0.0901 e. The highest BCUT2D eigenvalue weighted by Gasteiger charge is 1.92. The first-order valence-corrected chi connectivity index (χ1v) is 4.90. The SMILES string of the molecule is C/C(I)=C\c1csc(C)n1. The van der Waals surface area contributed by atoms with E-state index >= 15 is 0 Å². The van der Waals surface area contributed by atoms with Crippen molar-refractivity contribution in [2.45, 2.75) is 13.8 Å². The number of hydrogen-bond acceptors (Lipinski definition) is 2. The summed E-state index contributed by atoms with van der Waals surface area (Å²) in [6, 6.07) is 0. The number of aromatic nitrogens is 1. The summed E-state index contributed by atoms with van der Waals surface area (Å²) in [4.78, 5) is 4.29. The van der Waals surface area contributed by atoms with E-state index in [9.17, 15) is 0 Å². The summed E-state index contributed by atoms with van der Waals surface area (Å²) in [5.74, 6) is 0. The second-order valence-electron chi connectivity index (χ2n) is 2.02. The predicted octanol–water partition coefficient (Wildman–Crippen LogP) is 3.25. The van der Waals surface area contributed by atoms with Gasteiger partial charge in [0.2, 0.25) is 0 Å². The van der Waals surface area contributed by atoms with Crippen LogP contribution in [0, 0.1) is 6.92 Å². The van der Waals surface area contributed by atoms with Crippen LogP contribution >= 0.6 is 33.9 Å². The molecule has 0 aromatic carbocycles. The van der Waals surface area contributed by atoms with Crippen molar-refractivity contribution in [1.29, 1.82) is 0 Å². The largest absolute Gasteiger partial charge is 0.242 e. The molecule has 0 amide bonds. The van der Waals surface area contributed by atoms with E-state index in [2.05, 4.69) is 46.0 Å². The molecule has 1 aromatic rings. The molecule has 0 radical (unpaired) electrons. The molecule has 0 aliphatic carbocycles. The maximum atomic E-state index is 4.29. The Kier molecular flexibility index (Phi) is 2.85. The van der Waals surface area contributed by atoms with Crippen LogP contribution in [0.25, 0.3) is 6.08 Å². The van der Waals surface area contributed by atoms with Gasteiger partial charge in [-0.15, -0.1) is 11.3 Å². The zero-order chi connectivity index (χ0) is 7.56. The molecule has 10 heavy (non-hydrogen) atoms. The number of aryl methyl sites for hydroxylation is 1. The summed E-state index contributed by atoms with van der Waals surface area (Å²) in [5.41, 5.74) is 1.08. The van der Waals surface area contributed by atoms with E-state index in [0.29, 0.717) is 0 Å². The minimum absolute atomic E-state index is 1.08. The van der Waals surface area contributed by atoms with Crippen LogP contribution < -0.4 is 0 Å². The van der Waals surface area contributed by atoms with Crippen LogP contribution in [0.3, 0.4) is 0 Å². The summed E-state index contributed by atoms with van der Waals surface area (Å²) in [6.45, 7) is 4.08. The van der Waals surface area contributed by atoms with Crippen LogP contribution in [-0.2, 0) is 0 Å². The first-order chi connectivity index (χ1) is 4.68. The smallest absolute Gasteiger partial charge is 0.0901 e. The Morgan fingerprint density at radius 1 is 1.80 bits per heavy atom. The van der Waals surface area contributed by atoms with Crippen LogP contribution in [0.4, 0.5) is 0 Å². The van der Waals surface area contributed by atoms with Crippen LogP contribution in [0.5, 0.6) is 0 Å². The molecule has 54 valence electrons. The van der Waals surface area contributed by atoms with Crippen molar-refractivity contribution in [2.75, 3.05) is 0 Å². The molecular weight excluding hydrogens is 257 g/mol. The fraction of sp³-hybridized carbons (Fsp3) is 0.286. The second-order valence-corrected chi connectivity index (χ2v) is 4.79. The first kappa shape index (κ1) is 8.20. The number of hydrogen-bond donors (Lipinski definition) is 0. The number of nitrogens with zero attached hydrogens (tertiary/aromatic N) is 1. The third-order valence-corrected chi connectivity index (χ3v) is 2.09. The lowest BCUT2D eigenvalue weighted by Gasteiger charge is -1.82. The Hall–Kier alpha value is 0.1000. The van der Waals surface area contributed by atoms with Crippen molar-refractivity contribution in [3.8, 4) is 0 Å². The van der Waals surface area contributed by atoms with E-state index in [0.717, 1.165) is 10.7 Å². The summed E-state index contributed by atoms with van der Waals surface area (Å²) in [5, 5.41) is 3.20. The lowest BCUT2D eigenvalue weighted by atomic mass is 10.4. The van der Waals surface area contributed by atoms with Gasteiger partial charge in [-0.1, -0.05) is 0 Å². The van der Waals surface area contributed by atoms with E-state index in [4.69, 9.17) is 0 Å². The molecular formula is C7H8INS. The van der Waals surface area contributed by atoms with Gasteiger partial charge in [0.15, 0.2) is 0 Å². The van der Waals surface area contributed by atoms with Crippen molar-refractivity contribution in [3.05, 3.63) is 19.7 Å². The first-order valence-electron chi connectivity index (χ1n) is 2.94. The summed E-state index contributed by atoms with van der Waals surface area (Å²) in [6.07, 6.45) is 2.07. The topological polar surface area (TPSA) is 12.9 Å². The molecule has 0 saturated carbocycles. The quantitative estimate of drug-likeness (QED) is 0.710. The molecule has 0 unspecified atom stereocenters. The van der Waals surface area contributed by atoms with E-state index in [1.807, 2.05) is 6.92 Å². The molecule has 1 aromatic heterocycles. The molecule has 0 saturated heterocycles. The van der Waals surface area contributed by atoms with Crippen molar-refractivity contribution < 1.29 is 0 Å². The van der Waals surface area contributed by atoms with E-state index < -0.39 is 0 Å². The Bertz CT molecular complexity index is 248. The highest BCUT2D eigenvalue weighted by molar-refractivity contribution is 14.1. The highest BCUT2D eigenvalue weighted by Crippen LogP contribution is 2.14. The normalized spacial score (nSPS) is 12.1.